The van der Waals surface area contributed by atoms with Gasteiger partial charge in [-0.25, -0.2) is 4.98 Å². The number of anilines is 1. The lowest BCUT2D eigenvalue weighted by molar-refractivity contribution is 0.513. The van der Waals surface area contributed by atoms with Gasteiger partial charge in [0, 0.05) is 29.6 Å². The molecule has 0 radical (unpaired) electrons. The Balaban J connectivity index is 2.14. The molecular weight excluding hydrogens is 246 g/mol. The van der Waals surface area contributed by atoms with Crippen molar-refractivity contribution in [2.45, 2.75) is 38.8 Å². The minimum atomic E-state index is 0.206. The first-order valence-corrected chi connectivity index (χ1v) is 7.43. The lowest BCUT2D eigenvalue weighted by Crippen LogP contribution is -2.39. The highest BCUT2D eigenvalue weighted by Crippen LogP contribution is 2.35. The molecule has 1 aromatic carbocycles. The van der Waals surface area contributed by atoms with Crippen molar-refractivity contribution in [2.24, 2.45) is 0 Å². The summed E-state index contributed by atoms with van der Waals surface area (Å²) in [5.74, 6) is 1.15. The van der Waals surface area contributed by atoms with Crippen molar-refractivity contribution in [1.29, 1.82) is 0 Å². The quantitative estimate of drug-likeness (QED) is 0.926. The van der Waals surface area contributed by atoms with Gasteiger partial charge in [0.25, 0.3) is 0 Å². The molecule has 3 nitrogen and oxygen atoms in total. The van der Waals surface area contributed by atoms with E-state index in [2.05, 4.69) is 54.4 Å². The fraction of sp³-hybridized carbons (Fsp3) is 0.471. The van der Waals surface area contributed by atoms with Crippen molar-refractivity contribution in [1.82, 2.24) is 10.3 Å². The highest BCUT2D eigenvalue weighted by molar-refractivity contribution is 5.82. The summed E-state index contributed by atoms with van der Waals surface area (Å²) in [7, 11) is 1.99. The Hall–Kier alpha value is -1.61. The second-order valence-corrected chi connectivity index (χ2v) is 6.26. The van der Waals surface area contributed by atoms with Crippen molar-refractivity contribution in [3.05, 3.63) is 35.9 Å². The third-order valence-corrected chi connectivity index (χ3v) is 4.30. The number of pyridine rings is 1. The van der Waals surface area contributed by atoms with E-state index in [4.69, 9.17) is 4.98 Å². The predicted molar refractivity (Wildman–Crippen MR) is 85.2 cm³/mol. The van der Waals surface area contributed by atoms with E-state index in [0.29, 0.717) is 0 Å². The third kappa shape index (κ3) is 2.27. The molecule has 3 rings (SSSR count). The Labute approximate surface area is 121 Å². The molecule has 2 heterocycles. The van der Waals surface area contributed by atoms with E-state index in [1.54, 1.807) is 0 Å². The van der Waals surface area contributed by atoms with E-state index < -0.39 is 0 Å². The number of hydrogen-bond donors (Lipinski definition) is 1. The molecule has 1 aliphatic heterocycles. The molecule has 1 aliphatic rings. The summed E-state index contributed by atoms with van der Waals surface area (Å²) in [5.41, 5.74) is 2.59. The topological polar surface area (TPSA) is 28.2 Å². The van der Waals surface area contributed by atoms with Crippen molar-refractivity contribution in [2.75, 3.05) is 18.5 Å². The fourth-order valence-electron chi connectivity index (χ4n) is 3.20. The summed E-state index contributed by atoms with van der Waals surface area (Å²) in [5, 5.41) is 4.49. The van der Waals surface area contributed by atoms with Crippen molar-refractivity contribution < 1.29 is 0 Å². The molecule has 0 saturated carbocycles. The molecule has 1 saturated heterocycles. The van der Waals surface area contributed by atoms with Gasteiger partial charge in [-0.15, -0.1) is 0 Å². The number of fused-ring (bicyclic) bond motifs is 1. The molecular formula is C17H23N3. The highest BCUT2D eigenvalue weighted by atomic mass is 15.3. The van der Waals surface area contributed by atoms with Gasteiger partial charge in [-0.1, -0.05) is 18.2 Å². The molecule has 1 aromatic heterocycles. The lowest BCUT2D eigenvalue weighted by atomic mass is 10.0. The van der Waals surface area contributed by atoms with E-state index in [1.165, 1.54) is 23.8 Å². The van der Waals surface area contributed by atoms with Crippen molar-refractivity contribution >= 4 is 16.7 Å². The molecule has 0 atom stereocenters. The SMILES string of the molecule is CNCc1cc2ccccc2nc1N1CCCC1(C)C. The smallest absolute Gasteiger partial charge is 0.134 e. The zero-order valence-corrected chi connectivity index (χ0v) is 12.6. The van der Waals surface area contributed by atoms with Crippen LogP contribution in [0.25, 0.3) is 10.9 Å². The van der Waals surface area contributed by atoms with Crippen LogP contribution < -0.4 is 10.2 Å². The number of aromatic nitrogens is 1. The maximum absolute atomic E-state index is 4.96. The Morgan fingerprint density at radius 3 is 2.80 bits per heavy atom. The summed E-state index contributed by atoms with van der Waals surface area (Å²) in [6.45, 7) is 6.61. The van der Waals surface area contributed by atoms with Crippen LogP contribution in [0.4, 0.5) is 5.82 Å². The molecule has 0 spiro atoms. The third-order valence-electron chi connectivity index (χ3n) is 4.30. The van der Waals surface area contributed by atoms with Crippen molar-refractivity contribution in [3.8, 4) is 0 Å². The van der Waals surface area contributed by atoms with Gasteiger partial charge >= 0.3 is 0 Å². The number of rotatable bonds is 3. The molecule has 20 heavy (non-hydrogen) atoms. The Morgan fingerprint density at radius 1 is 1.30 bits per heavy atom. The van der Waals surface area contributed by atoms with Gasteiger partial charge in [-0.3, -0.25) is 0 Å². The first kappa shape index (κ1) is 13.4. The van der Waals surface area contributed by atoms with Crippen LogP contribution in [0.2, 0.25) is 0 Å². The van der Waals surface area contributed by atoms with Crippen LogP contribution in [0.1, 0.15) is 32.3 Å². The van der Waals surface area contributed by atoms with Gasteiger partial charge < -0.3 is 10.2 Å². The first-order valence-electron chi connectivity index (χ1n) is 7.43. The predicted octanol–water partition coefficient (Wildman–Crippen LogP) is 3.33. The molecule has 0 amide bonds. The number of para-hydroxylation sites is 1. The second kappa shape index (κ2) is 5.06. The van der Waals surface area contributed by atoms with Crippen LogP contribution in [0.5, 0.6) is 0 Å². The Bertz CT molecular complexity index is 619. The zero-order valence-electron chi connectivity index (χ0n) is 12.6. The Morgan fingerprint density at radius 2 is 2.10 bits per heavy atom. The monoisotopic (exact) mass is 269 g/mol. The molecule has 0 unspecified atom stereocenters. The van der Waals surface area contributed by atoms with E-state index in [9.17, 15) is 0 Å². The number of benzene rings is 1. The number of hydrogen-bond acceptors (Lipinski definition) is 3. The van der Waals surface area contributed by atoms with E-state index >= 15 is 0 Å². The van der Waals surface area contributed by atoms with Crippen LogP contribution in [-0.4, -0.2) is 24.1 Å². The van der Waals surface area contributed by atoms with E-state index in [-0.39, 0.29) is 5.54 Å². The normalized spacial score (nSPS) is 17.9. The minimum Gasteiger partial charge on any atom is -0.351 e. The first-order chi connectivity index (χ1) is 9.62. The van der Waals surface area contributed by atoms with Gasteiger partial charge in [0.1, 0.15) is 5.82 Å². The molecule has 0 bridgehead atoms. The molecule has 1 N–H and O–H groups in total. The van der Waals surface area contributed by atoms with E-state index in [0.717, 1.165) is 24.4 Å². The number of nitrogens with zero attached hydrogens (tertiary/aromatic N) is 2. The van der Waals surface area contributed by atoms with Crippen LogP contribution in [0, 0.1) is 0 Å². The van der Waals surface area contributed by atoms with Gasteiger partial charge in [0.05, 0.1) is 5.52 Å². The average molecular weight is 269 g/mol. The standard InChI is InChI=1S/C17H23N3/c1-17(2)9-6-10-20(17)16-14(12-18-3)11-13-7-4-5-8-15(13)19-16/h4-5,7-8,11,18H,6,9-10,12H2,1-3H3. The molecule has 3 heteroatoms. The second-order valence-electron chi connectivity index (χ2n) is 6.26. The average Bonchev–Trinajstić information content (AvgIpc) is 2.78. The van der Waals surface area contributed by atoms with Gasteiger partial charge in [-0.05, 0) is 45.9 Å². The summed E-state index contributed by atoms with van der Waals surface area (Å²) in [4.78, 5) is 7.44. The van der Waals surface area contributed by atoms with E-state index in [1.807, 2.05) is 7.05 Å². The minimum absolute atomic E-state index is 0.206. The molecule has 1 fully saturated rings. The molecule has 106 valence electrons. The van der Waals surface area contributed by atoms with Crippen LogP contribution in [-0.2, 0) is 6.54 Å². The summed E-state index contributed by atoms with van der Waals surface area (Å²) in [6, 6.07) is 10.7. The highest BCUT2D eigenvalue weighted by Gasteiger charge is 2.34. The molecule has 2 aromatic rings. The van der Waals surface area contributed by atoms with Crippen molar-refractivity contribution in [3.63, 3.8) is 0 Å². The number of nitrogens with one attached hydrogen (secondary N) is 1. The molecule has 0 aliphatic carbocycles. The van der Waals surface area contributed by atoms with Crippen LogP contribution in [0.15, 0.2) is 30.3 Å². The van der Waals surface area contributed by atoms with Crippen LogP contribution >= 0.6 is 0 Å². The largest absolute Gasteiger partial charge is 0.351 e. The summed E-state index contributed by atoms with van der Waals surface area (Å²) < 4.78 is 0. The van der Waals surface area contributed by atoms with Gasteiger partial charge in [0.2, 0.25) is 0 Å². The van der Waals surface area contributed by atoms with Gasteiger partial charge in [-0.2, -0.15) is 0 Å². The Kier molecular flexibility index (Phi) is 3.38. The summed E-state index contributed by atoms with van der Waals surface area (Å²) >= 11 is 0. The van der Waals surface area contributed by atoms with Gasteiger partial charge in [0.15, 0.2) is 0 Å². The lowest BCUT2D eigenvalue weighted by Gasteiger charge is -2.34. The zero-order chi connectivity index (χ0) is 14.2. The maximum Gasteiger partial charge on any atom is 0.134 e. The fourth-order valence-corrected chi connectivity index (χ4v) is 3.20. The maximum atomic E-state index is 4.96. The van der Waals surface area contributed by atoms with Crippen LogP contribution in [0.3, 0.4) is 0 Å². The summed E-state index contributed by atoms with van der Waals surface area (Å²) in [6.07, 6.45) is 2.49.